The summed E-state index contributed by atoms with van der Waals surface area (Å²) < 4.78 is 40.8. The Morgan fingerprint density at radius 3 is 2.36 bits per heavy atom. The van der Waals surface area contributed by atoms with Gasteiger partial charge in [0.25, 0.3) is 5.91 Å². The Morgan fingerprint density at radius 2 is 1.76 bits per heavy atom. The zero-order valence-corrected chi connectivity index (χ0v) is 20.7. The van der Waals surface area contributed by atoms with Crippen molar-refractivity contribution in [3.05, 3.63) is 46.8 Å². The second-order valence-corrected chi connectivity index (χ2v) is 11.1. The molecular weight excluding hydrogens is 462 g/mol. The van der Waals surface area contributed by atoms with Crippen LogP contribution in [0.3, 0.4) is 0 Å². The first-order valence-corrected chi connectivity index (χ1v) is 12.9. The molecule has 0 atom stereocenters. The lowest BCUT2D eigenvalue weighted by molar-refractivity contribution is 0.0998. The van der Waals surface area contributed by atoms with E-state index in [0.717, 1.165) is 23.1 Å². The summed E-state index contributed by atoms with van der Waals surface area (Å²) in [5, 5.41) is 0. The number of benzene rings is 2. The lowest BCUT2D eigenvalue weighted by atomic mass is 10.0. The molecule has 1 aliphatic rings. The molecule has 0 saturated carbocycles. The van der Waals surface area contributed by atoms with E-state index < -0.39 is 15.9 Å². The number of fused-ring (bicyclic) bond motifs is 1. The van der Waals surface area contributed by atoms with Crippen molar-refractivity contribution in [1.82, 2.24) is 8.87 Å². The fourth-order valence-corrected chi connectivity index (χ4v) is 6.43. The predicted molar refractivity (Wildman–Crippen MR) is 127 cm³/mol. The number of nitrogens with zero attached hydrogens (tertiary/aromatic N) is 3. The Balaban J connectivity index is 1.63. The van der Waals surface area contributed by atoms with Crippen molar-refractivity contribution in [1.29, 1.82) is 0 Å². The zero-order valence-electron chi connectivity index (χ0n) is 19.1. The Hall–Kier alpha value is -2.69. The van der Waals surface area contributed by atoms with E-state index in [1.54, 1.807) is 24.9 Å². The molecule has 0 unspecified atom stereocenters. The van der Waals surface area contributed by atoms with Crippen LogP contribution < -0.4 is 14.3 Å². The van der Waals surface area contributed by atoms with E-state index in [0.29, 0.717) is 40.9 Å². The van der Waals surface area contributed by atoms with Gasteiger partial charge in [0.05, 0.1) is 23.8 Å². The van der Waals surface area contributed by atoms with Crippen molar-refractivity contribution < 1.29 is 22.7 Å². The summed E-state index contributed by atoms with van der Waals surface area (Å²) in [6, 6.07) is 9.64. The van der Waals surface area contributed by atoms with E-state index in [9.17, 15) is 13.2 Å². The summed E-state index contributed by atoms with van der Waals surface area (Å²) in [5.41, 5.74) is 1.13. The van der Waals surface area contributed by atoms with Gasteiger partial charge >= 0.3 is 0 Å². The average molecular weight is 490 g/mol. The molecule has 4 rings (SSSR count). The number of sulfonamides is 1. The molecule has 0 N–H and O–H groups in total. The van der Waals surface area contributed by atoms with E-state index in [-0.39, 0.29) is 4.90 Å². The second kappa shape index (κ2) is 9.28. The van der Waals surface area contributed by atoms with Crippen LogP contribution in [-0.4, -0.2) is 50.5 Å². The Labute approximate surface area is 197 Å². The number of hydrogen-bond acceptors (Lipinski definition) is 6. The van der Waals surface area contributed by atoms with Gasteiger partial charge in [0.2, 0.25) is 10.0 Å². The van der Waals surface area contributed by atoms with Gasteiger partial charge in [-0.25, -0.2) is 8.42 Å². The first-order valence-electron chi connectivity index (χ1n) is 10.7. The normalized spacial score (nSPS) is 16.3. The van der Waals surface area contributed by atoms with Crippen LogP contribution in [0.2, 0.25) is 0 Å². The molecule has 2 aromatic carbocycles. The number of methoxy groups -OCH3 is 2. The van der Waals surface area contributed by atoms with Gasteiger partial charge in [0, 0.05) is 31.8 Å². The van der Waals surface area contributed by atoms with Crippen molar-refractivity contribution >= 4 is 37.5 Å². The second-order valence-electron chi connectivity index (χ2n) is 8.15. The van der Waals surface area contributed by atoms with E-state index in [2.05, 4.69) is 11.9 Å². The quantitative estimate of drug-likeness (QED) is 0.548. The van der Waals surface area contributed by atoms with Gasteiger partial charge in [0.15, 0.2) is 4.80 Å². The third kappa shape index (κ3) is 4.55. The summed E-state index contributed by atoms with van der Waals surface area (Å²) in [6.07, 6.45) is 1.72. The molecular formula is C23H27N3O5S2. The predicted octanol–water partition coefficient (Wildman–Crippen LogP) is 3.42. The SMILES string of the molecule is COc1cc(OC)c2c(c1)sc(=NC(=O)c1ccc(S(=O)(=O)N3CCC(C)CC3)cc1)n2C. The van der Waals surface area contributed by atoms with Crippen molar-refractivity contribution in [2.45, 2.75) is 24.7 Å². The number of carbonyl (C=O) groups is 1. The third-order valence-electron chi connectivity index (χ3n) is 5.97. The zero-order chi connectivity index (χ0) is 23.8. The minimum absolute atomic E-state index is 0.192. The van der Waals surface area contributed by atoms with Crippen LogP contribution in [0.25, 0.3) is 10.2 Å². The summed E-state index contributed by atoms with van der Waals surface area (Å²) in [4.78, 5) is 17.8. The number of hydrogen-bond donors (Lipinski definition) is 0. The molecule has 0 radical (unpaired) electrons. The molecule has 2 heterocycles. The minimum atomic E-state index is -3.56. The maximum absolute atomic E-state index is 12.9. The van der Waals surface area contributed by atoms with Gasteiger partial charge in [-0.1, -0.05) is 18.3 Å². The number of aryl methyl sites for hydroxylation is 1. The molecule has 176 valence electrons. The van der Waals surface area contributed by atoms with Crippen LogP contribution >= 0.6 is 11.3 Å². The standard InChI is InChI=1S/C23H27N3O5S2/c1-15-9-11-26(12-10-15)33(28,29)18-7-5-16(6-8-18)22(27)24-23-25(2)21-19(31-4)13-17(30-3)14-20(21)32-23/h5-8,13-15H,9-12H2,1-4H3. The van der Waals surface area contributed by atoms with Crippen LogP contribution in [0.15, 0.2) is 46.3 Å². The first-order chi connectivity index (χ1) is 15.7. The number of amides is 1. The fourth-order valence-electron chi connectivity index (χ4n) is 3.90. The highest BCUT2D eigenvalue weighted by molar-refractivity contribution is 7.89. The van der Waals surface area contributed by atoms with Crippen molar-refractivity contribution in [2.75, 3.05) is 27.3 Å². The first kappa shape index (κ1) is 23.5. The number of aromatic nitrogens is 1. The maximum atomic E-state index is 12.9. The average Bonchev–Trinajstić information content (AvgIpc) is 3.13. The number of rotatable bonds is 5. The Bertz CT molecular complexity index is 1350. The molecule has 1 fully saturated rings. The lowest BCUT2D eigenvalue weighted by Crippen LogP contribution is -2.37. The largest absolute Gasteiger partial charge is 0.497 e. The van der Waals surface area contributed by atoms with Crippen LogP contribution in [0.4, 0.5) is 0 Å². The van der Waals surface area contributed by atoms with E-state index >= 15 is 0 Å². The minimum Gasteiger partial charge on any atom is -0.497 e. The topological polar surface area (TPSA) is 90.2 Å². The summed E-state index contributed by atoms with van der Waals surface area (Å²) >= 11 is 1.35. The van der Waals surface area contributed by atoms with Crippen molar-refractivity contribution in [3.63, 3.8) is 0 Å². The Kier molecular flexibility index (Phi) is 6.60. The molecule has 10 heteroatoms. The highest BCUT2D eigenvalue weighted by Gasteiger charge is 2.28. The maximum Gasteiger partial charge on any atom is 0.279 e. The molecule has 1 saturated heterocycles. The number of piperidine rings is 1. The Morgan fingerprint density at radius 1 is 1.09 bits per heavy atom. The molecule has 0 bridgehead atoms. The molecule has 3 aromatic rings. The van der Waals surface area contributed by atoms with Crippen molar-refractivity contribution in [2.24, 2.45) is 18.0 Å². The van der Waals surface area contributed by atoms with E-state index in [1.165, 1.54) is 39.9 Å². The van der Waals surface area contributed by atoms with Crippen LogP contribution in [-0.2, 0) is 17.1 Å². The van der Waals surface area contributed by atoms with Gasteiger partial charge in [-0.2, -0.15) is 9.30 Å². The lowest BCUT2D eigenvalue weighted by Gasteiger charge is -2.29. The van der Waals surface area contributed by atoms with Gasteiger partial charge in [-0.05, 0) is 49.1 Å². The third-order valence-corrected chi connectivity index (χ3v) is 8.96. The summed E-state index contributed by atoms with van der Waals surface area (Å²) in [6.45, 7) is 3.18. The van der Waals surface area contributed by atoms with Gasteiger partial charge in [0.1, 0.15) is 17.0 Å². The highest BCUT2D eigenvalue weighted by atomic mass is 32.2. The van der Waals surface area contributed by atoms with Crippen LogP contribution in [0.1, 0.15) is 30.1 Å². The summed E-state index contributed by atoms with van der Waals surface area (Å²) in [5.74, 6) is 1.37. The molecule has 8 nitrogen and oxygen atoms in total. The van der Waals surface area contributed by atoms with Crippen molar-refractivity contribution in [3.8, 4) is 11.5 Å². The van der Waals surface area contributed by atoms with Gasteiger partial charge in [-0.3, -0.25) is 4.79 Å². The molecule has 1 aliphatic heterocycles. The molecule has 1 amide bonds. The smallest absolute Gasteiger partial charge is 0.279 e. The van der Waals surface area contributed by atoms with Gasteiger partial charge < -0.3 is 14.0 Å². The molecule has 0 aliphatic carbocycles. The van der Waals surface area contributed by atoms with Crippen LogP contribution in [0, 0.1) is 5.92 Å². The van der Waals surface area contributed by atoms with E-state index in [4.69, 9.17) is 9.47 Å². The van der Waals surface area contributed by atoms with Gasteiger partial charge in [-0.15, -0.1) is 0 Å². The molecule has 0 spiro atoms. The monoisotopic (exact) mass is 489 g/mol. The van der Waals surface area contributed by atoms with E-state index in [1.807, 2.05) is 13.1 Å². The molecule has 1 aromatic heterocycles. The van der Waals surface area contributed by atoms with Crippen LogP contribution in [0.5, 0.6) is 11.5 Å². The fraction of sp³-hybridized carbons (Fsp3) is 0.391. The number of ether oxygens (including phenoxy) is 2. The number of carbonyl (C=O) groups excluding carboxylic acids is 1. The highest BCUT2D eigenvalue weighted by Crippen LogP contribution is 2.32. The summed E-state index contributed by atoms with van der Waals surface area (Å²) in [7, 11) is 1.41. The number of thiazole rings is 1. The molecule has 33 heavy (non-hydrogen) atoms.